The fraction of sp³-hybridized carbons (Fsp3) is 0.417. The topological polar surface area (TPSA) is 55.1 Å². The van der Waals surface area contributed by atoms with Gasteiger partial charge in [0, 0.05) is 11.3 Å². The van der Waals surface area contributed by atoms with Crippen LogP contribution in [0.5, 0.6) is 0 Å². The number of carbonyl (C=O) groups is 1. The summed E-state index contributed by atoms with van der Waals surface area (Å²) < 4.78 is 13.2. The Morgan fingerprint density at radius 3 is 2.76 bits per heavy atom. The quantitative estimate of drug-likeness (QED) is 0.874. The Balaban J connectivity index is 0.00000256. The number of nitrogens with one attached hydrogen (secondary N) is 1. The molecule has 1 aromatic rings. The van der Waals surface area contributed by atoms with Gasteiger partial charge in [0.15, 0.2) is 0 Å². The van der Waals surface area contributed by atoms with E-state index in [-0.39, 0.29) is 24.1 Å². The summed E-state index contributed by atoms with van der Waals surface area (Å²) in [7, 11) is 0. The molecule has 0 aliphatic rings. The minimum atomic E-state index is -0.535. The van der Waals surface area contributed by atoms with Gasteiger partial charge in [-0.05, 0) is 25.5 Å². The van der Waals surface area contributed by atoms with E-state index in [0.29, 0.717) is 17.7 Å². The number of hydrogen-bond acceptors (Lipinski definition) is 2. The highest BCUT2D eigenvalue weighted by atomic mass is 35.5. The van der Waals surface area contributed by atoms with Crippen molar-refractivity contribution in [1.82, 2.24) is 0 Å². The lowest BCUT2D eigenvalue weighted by Gasteiger charge is -2.13. The lowest BCUT2D eigenvalue weighted by atomic mass is 10.1. The number of anilines is 1. The van der Waals surface area contributed by atoms with Crippen LogP contribution in [0.2, 0.25) is 0 Å². The molecule has 1 atom stereocenters. The summed E-state index contributed by atoms with van der Waals surface area (Å²) in [5.41, 5.74) is 6.57. The van der Waals surface area contributed by atoms with E-state index in [1.807, 2.05) is 6.92 Å². The molecule has 0 aliphatic heterocycles. The molecular weight excluding hydrogens is 243 g/mol. The predicted octanol–water partition coefficient (Wildman–Crippen LogP) is 2.62. The maximum Gasteiger partial charge on any atom is 0.241 e. The minimum absolute atomic E-state index is 0. The normalized spacial score (nSPS) is 11.5. The summed E-state index contributed by atoms with van der Waals surface area (Å²) in [6, 6.07) is 4.04. The van der Waals surface area contributed by atoms with Crippen LogP contribution in [0.1, 0.15) is 25.3 Å². The first-order valence-electron chi connectivity index (χ1n) is 5.37. The van der Waals surface area contributed by atoms with Gasteiger partial charge in [0.25, 0.3) is 0 Å². The monoisotopic (exact) mass is 260 g/mol. The molecule has 96 valence electrons. The summed E-state index contributed by atoms with van der Waals surface area (Å²) in [5, 5.41) is 2.63. The third kappa shape index (κ3) is 4.32. The van der Waals surface area contributed by atoms with Crippen molar-refractivity contribution in [3.05, 3.63) is 29.6 Å². The molecule has 0 saturated carbocycles. The second kappa shape index (κ2) is 7.25. The van der Waals surface area contributed by atoms with Crippen LogP contribution in [0.3, 0.4) is 0 Å². The first-order valence-corrected chi connectivity index (χ1v) is 5.37. The zero-order valence-corrected chi connectivity index (χ0v) is 10.8. The van der Waals surface area contributed by atoms with E-state index in [9.17, 15) is 9.18 Å². The molecule has 1 aromatic carbocycles. The summed E-state index contributed by atoms with van der Waals surface area (Å²) in [6.45, 7) is 3.58. The lowest BCUT2D eigenvalue weighted by molar-refractivity contribution is -0.117. The number of hydrogen-bond donors (Lipinski definition) is 2. The first-order chi connectivity index (χ1) is 7.56. The van der Waals surface area contributed by atoms with Gasteiger partial charge in [-0.1, -0.05) is 19.4 Å². The smallest absolute Gasteiger partial charge is 0.241 e. The van der Waals surface area contributed by atoms with Gasteiger partial charge in [-0.2, -0.15) is 0 Å². The number of amides is 1. The van der Waals surface area contributed by atoms with Crippen molar-refractivity contribution in [2.75, 3.05) is 5.32 Å². The fourth-order valence-electron chi connectivity index (χ4n) is 1.41. The van der Waals surface area contributed by atoms with Crippen LogP contribution in [0.4, 0.5) is 10.1 Å². The maximum absolute atomic E-state index is 13.2. The predicted molar refractivity (Wildman–Crippen MR) is 69.9 cm³/mol. The SMILES string of the molecule is CCCC(N)C(=O)Nc1cccc(F)c1C.Cl. The van der Waals surface area contributed by atoms with E-state index in [0.717, 1.165) is 6.42 Å². The second-order valence-electron chi connectivity index (χ2n) is 3.80. The van der Waals surface area contributed by atoms with Crippen molar-refractivity contribution < 1.29 is 9.18 Å². The second-order valence-corrected chi connectivity index (χ2v) is 3.80. The van der Waals surface area contributed by atoms with E-state index < -0.39 is 6.04 Å². The number of rotatable bonds is 4. The minimum Gasteiger partial charge on any atom is -0.324 e. The van der Waals surface area contributed by atoms with E-state index in [2.05, 4.69) is 5.32 Å². The van der Waals surface area contributed by atoms with E-state index in [1.54, 1.807) is 19.1 Å². The van der Waals surface area contributed by atoms with Crippen LogP contribution in [0, 0.1) is 12.7 Å². The van der Waals surface area contributed by atoms with Gasteiger partial charge in [0.1, 0.15) is 5.82 Å². The average Bonchev–Trinajstić information content (AvgIpc) is 2.25. The highest BCUT2D eigenvalue weighted by molar-refractivity contribution is 5.95. The Morgan fingerprint density at radius 2 is 2.18 bits per heavy atom. The van der Waals surface area contributed by atoms with Crippen LogP contribution < -0.4 is 11.1 Å². The van der Waals surface area contributed by atoms with Crippen molar-refractivity contribution in [2.45, 2.75) is 32.7 Å². The van der Waals surface area contributed by atoms with E-state index in [4.69, 9.17) is 5.73 Å². The van der Waals surface area contributed by atoms with E-state index in [1.165, 1.54) is 6.07 Å². The van der Waals surface area contributed by atoms with Gasteiger partial charge in [0.05, 0.1) is 6.04 Å². The van der Waals surface area contributed by atoms with Gasteiger partial charge in [-0.25, -0.2) is 4.39 Å². The molecule has 1 amide bonds. The molecule has 0 aliphatic carbocycles. The molecule has 5 heteroatoms. The number of benzene rings is 1. The Bertz CT molecular complexity index is 385. The Morgan fingerprint density at radius 1 is 1.53 bits per heavy atom. The zero-order chi connectivity index (χ0) is 12.1. The maximum atomic E-state index is 13.2. The highest BCUT2D eigenvalue weighted by Gasteiger charge is 2.13. The molecule has 3 nitrogen and oxygen atoms in total. The highest BCUT2D eigenvalue weighted by Crippen LogP contribution is 2.17. The lowest BCUT2D eigenvalue weighted by Crippen LogP contribution is -2.35. The van der Waals surface area contributed by atoms with Crippen LogP contribution in [-0.2, 0) is 4.79 Å². The molecule has 0 saturated heterocycles. The molecule has 1 unspecified atom stereocenters. The van der Waals surface area contributed by atoms with Crippen LogP contribution in [-0.4, -0.2) is 11.9 Å². The summed E-state index contributed by atoms with van der Waals surface area (Å²) in [6.07, 6.45) is 1.47. The van der Waals surface area contributed by atoms with Crippen LogP contribution >= 0.6 is 12.4 Å². The van der Waals surface area contributed by atoms with Gasteiger partial charge >= 0.3 is 0 Å². The number of nitrogens with two attached hydrogens (primary N) is 1. The van der Waals surface area contributed by atoms with Crippen molar-refractivity contribution in [2.24, 2.45) is 5.73 Å². The van der Waals surface area contributed by atoms with Crippen molar-refractivity contribution in [3.8, 4) is 0 Å². The van der Waals surface area contributed by atoms with E-state index >= 15 is 0 Å². The molecule has 3 N–H and O–H groups in total. The standard InChI is InChI=1S/C12H17FN2O.ClH/c1-3-5-10(14)12(16)15-11-7-4-6-9(13)8(11)2;/h4,6-7,10H,3,5,14H2,1-2H3,(H,15,16);1H. The molecule has 0 aromatic heterocycles. The Kier molecular flexibility index (Phi) is 6.76. The first kappa shape index (κ1) is 15.9. The Hall–Kier alpha value is -1.13. The van der Waals surface area contributed by atoms with Gasteiger partial charge in [0.2, 0.25) is 5.91 Å². The van der Waals surface area contributed by atoms with Crippen LogP contribution in [0.15, 0.2) is 18.2 Å². The molecule has 17 heavy (non-hydrogen) atoms. The Labute approximate surface area is 107 Å². The molecule has 0 heterocycles. The third-order valence-corrected chi connectivity index (χ3v) is 2.46. The number of carbonyl (C=O) groups excluding carboxylic acids is 1. The molecule has 0 spiro atoms. The molecule has 0 radical (unpaired) electrons. The fourth-order valence-corrected chi connectivity index (χ4v) is 1.41. The van der Waals surface area contributed by atoms with Gasteiger partial charge in [-0.3, -0.25) is 4.79 Å². The molecular formula is C12H18ClFN2O. The van der Waals surface area contributed by atoms with Crippen LogP contribution in [0.25, 0.3) is 0 Å². The third-order valence-electron chi connectivity index (χ3n) is 2.46. The molecule has 0 bridgehead atoms. The molecule has 1 rings (SSSR count). The molecule has 0 fully saturated rings. The van der Waals surface area contributed by atoms with Gasteiger partial charge < -0.3 is 11.1 Å². The summed E-state index contributed by atoms with van der Waals surface area (Å²) in [5.74, 6) is -0.600. The largest absolute Gasteiger partial charge is 0.324 e. The van der Waals surface area contributed by atoms with Crippen molar-refractivity contribution >= 4 is 24.0 Å². The zero-order valence-electron chi connectivity index (χ0n) is 10.00. The average molecular weight is 261 g/mol. The summed E-state index contributed by atoms with van der Waals surface area (Å²) >= 11 is 0. The van der Waals surface area contributed by atoms with Crippen molar-refractivity contribution in [3.63, 3.8) is 0 Å². The van der Waals surface area contributed by atoms with Crippen molar-refractivity contribution in [1.29, 1.82) is 0 Å². The summed E-state index contributed by atoms with van der Waals surface area (Å²) in [4.78, 5) is 11.6. The number of halogens is 2. The van der Waals surface area contributed by atoms with Gasteiger partial charge in [-0.15, -0.1) is 12.4 Å².